The quantitative estimate of drug-likeness (QED) is 0.805. The first kappa shape index (κ1) is 21.2. The molecular weight excluding hydrogens is 390 g/mol. The molecule has 1 aliphatic heterocycles. The molecule has 0 aromatic heterocycles. The predicted molar refractivity (Wildman–Crippen MR) is 121 cm³/mol. The average Bonchev–Trinajstić information content (AvgIpc) is 2.80. The second kappa shape index (κ2) is 9.41. The van der Waals surface area contributed by atoms with Gasteiger partial charge in [-0.25, -0.2) is 0 Å². The molecule has 2 fully saturated rings. The van der Waals surface area contributed by atoms with Crippen LogP contribution in [0, 0.1) is 18.8 Å². The fraction of sp³-hybridized carbons (Fsp3) is 0.440. The number of anilines is 3. The van der Waals surface area contributed by atoms with Gasteiger partial charge >= 0.3 is 0 Å². The molecule has 0 unspecified atom stereocenters. The van der Waals surface area contributed by atoms with Crippen molar-refractivity contribution in [3.05, 3.63) is 54.1 Å². The molecule has 6 nitrogen and oxygen atoms in total. The molecule has 2 aromatic rings. The number of benzene rings is 2. The van der Waals surface area contributed by atoms with Crippen molar-refractivity contribution in [2.45, 2.75) is 32.6 Å². The highest BCUT2D eigenvalue weighted by Crippen LogP contribution is 2.33. The SMILES string of the molecule is Cc1ccccc1N1CCN(c2ccccc2NC(=O)[C@@H]2CCCC[C@@H]2C(=O)[O-])CC1. The minimum Gasteiger partial charge on any atom is -0.550 e. The molecule has 1 saturated heterocycles. The van der Waals surface area contributed by atoms with Crippen molar-refractivity contribution >= 4 is 28.9 Å². The Morgan fingerprint density at radius 3 is 2.03 bits per heavy atom. The third-order valence-corrected chi connectivity index (χ3v) is 6.64. The Morgan fingerprint density at radius 2 is 1.39 bits per heavy atom. The summed E-state index contributed by atoms with van der Waals surface area (Å²) >= 11 is 0. The van der Waals surface area contributed by atoms with Gasteiger partial charge in [0, 0.05) is 49.7 Å². The fourth-order valence-corrected chi connectivity index (χ4v) is 4.91. The van der Waals surface area contributed by atoms with Crippen LogP contribution in [-0.4, -0.2) is 38.1 Å². The summed E-state index contributed by atoms with van der Waals surface area (Å²) in [6, 6.07) is 16.2. The van der Waals surface area contributed by atoms with E-state index in [9.17, 15) is 14.7 Å². The van der Waals surface area contributed by atoms with Crippen molar-refractivity contribution in [2.24, 2.45) is 11.8 Å². The highest BCUT2D eigenvalue weighted by atomic mass is 16.4. The number of carboxylic acid groups (broad SMARTS) is 1. The van der Waals surface area contributed by atoms with Crippen molar-refractivity contribution in [3.8, 4) is 0 Å². The molecule has 2 atom stereocenters. The molecule has 0 radical (unpaired) electrons. The van der Waals surface area contributed by atoms with Crippen LogP contribution >= 0.6 is 0 Å². The summed E-state index contributed by atoms with van der Waals surface area (Å²) in [5.41, 5.74) is 4.29. The Bertz CT molecular complexity index is 937. The van der Waals surface area contributed by atoms with E-state index in [1.807, 2.05) is 24.3 Å². The van der Waals surface area contributed by atoms with E-state index in [0.29, 0.717) is 12.8 Å². The summed E-state index contributed by atoms with van der Waals surface area (Å²) in [5.74, 6) is -2.54. The smallest absolute Gasteiger partial charge is 0.228 e. The zero-order valence-corrected chi connectivity index (χ0v) is 18.0. The summed E-state index contributed by atoms with van der Waals surface area (Å²) in [6.45, 7) is 5.65. The number of hydrogen-bond acceptors (Lipinski definition) is 5. The maximum Gasteiger partial charge on any atom is 0.228 e. The lowest BCUT2D eigenvalue weighted by Gasteiger charge is -2.39. The van der Waals surface area contributed by atoms with Gasteiger partial charge in [0.2, 0.25) is 5.91 Å². The van der Waals surface area contributed by atoms with Crippen LogP contribution in [0.5, 0.6) is 0 Å². The van der Waals surface area contributed by atoms with E-state index in [0.717, 1.165) is 50.4 Å². The van der Waals surface area contributed by atoms with E-state index in [1.54, 1.807) is 0 Å². The maximum atomic E-state index is 13.0. The lowest BCUT2D eigenvalue weighted by molar-refractivity contribution is -0.313. The number of carbonyl (C=O) groups is 2. The van der Waals surface area contributed by atoms with Crippen LogP contribution in [0.15, 0.2) is 48.5 Å². The van der Waals surface area contributed by atoms with Gasteiger partial charge in [-0.15, -0.1) is 0 Å². The molecule has 1 amide bonds. The molecule has 2 aliphatic rings. The number of nitrogens with one attached hydrogen (secondary N) is 1. The summed E-state index contributed by atoms with van der Waals surface area (Å²) in [7, 11) is 0. The van der Waals surface area contributed by atoms with Crippen molar-refractivity contribution in [2.75, 3.05) is 41.3 Å². The molecule has 1 aliphatic carbocycles. The monoisotopic (exact) mass is 420 g/mol. The number of aliphatic carboxylic acids is 1. The lowest BCUT2D eigenvalue weighted by atomic mass is 9.78. The van der Waals surface area contributed by atoms with Crippen LogP contribution < -0.4 is 20.2 Å². The van der Waals surface area contributed by atoms with Gasteiger partial charge in [-0.1, -0.05) is 43.2 Å². The second-order valence-corrected chi connectivity index (χ2v) is 8.58. The van der Waals surface area contributed by atoms with E-state index < -0.39 is 17.8 Å². The topological polar surface area (TPSA) is 75.7 Å². The first-order valence-electron chi connectivity index (χ1n) is 11.2. The van der Waals surface area contributed by atoms with Crippen LogP contribution in [0.1, 0.15) is 31.2 Å². The van der Waals surface area contributed by atoms with Gasteiger partial charge in [0.25, 0.3) is 0 Å². The maximum absolute atomic E-state index is 13.0. The van der Waals surface area contributed by atoms with Gasteiger partial charge in [-0.2, -0.15) is 0 Å². The van der Waals surface area contributed by atoms with Crippen molar-refractivity contribution in [1.82, 2.24) is 0 Å². The third-order valence-electron chi connectivity index (χ3n) is 6.64. The Morgan fingerprint density at radius 1 is 0.839 bits per heavy atom. The number of carboxylic acids is 1. The Labute approximate surface area is 183 Å². The van der Waals surface area contributed by atoms with Crippen molar-refractivity contribution in [3.63, 3.8) is 0 Å². The van der Waals surface area contributed by atoms with Crippen LogP contribution in [-0.2, 0) is 9.59 Å². The summed E-state index contributed by atoms with van der Waals surface area (Å²) in [4.78, 5) is 29.2. The Balaban J connectivity index is 1.45. The number of amides is 1. The van der Waals surface area contributed by atoms with E-state index >= 15 is 0 Å². The molecule has 1 saturated carbocycles. The third kappa shape index (κ3) is 4.68. The van der Waals surface area contributed by atoms with Crippen LogP contribution in [0.25, 0.3) is 0 Å². The van der Waals surface area contributed by atoms with Gasteiger partial charge in [0.05, 0.1) is 11.4 Å². The van der Waals surface area contributed by atoms with E-state index in [1.165, 1.54) is 11.3 Å². The number of aryl methyl sites for hydroxylation is 1. The second-order valence-electron chi connectivity index (χ2n) is 8.58. The highest BCUT2D eigenvalue weighted by molar-refractivity contribution is 5.97. The first-order chi connectivity index (χ1) is 15.0. The zero-order chi connectivity index (χ0) is 21.8. The molecule has 164 valence electrons. The molecule has 31 heavy (non-hydrogen) atoms. The van der Waals surface area contributed by atoms with Crippen LogP contribution in [0.3, 0.4) is 0 Å². The molecule has 6 heteroatoms. The first-order valence-corrected chi connectivity index (χ1v) is 11.2. The van der Waals surface area contributed by atoms with Gasteiger partial charge in [0.15, 0.2) is 0 Å². The van der Waals surface area contributed by atoms with Crippen molar-refractivity contribution in [1.29, 1.82) is 0 Å². The van der Waals surface area contributed by atoms with Gasteiger partial charge in [0.1, 0.15) is 0 Å². The number of nitrogens with zero attached hydrogens (tertiary/aromatic N) is 2. The number of rotatable bonds is 5. The number of carbonyl (C=O) groups excluding carboxylic acids is 2. The summed E-state index contributed by atoms with van der Waals surface area (Å²) in [6.07, 6.45) is 2.83. The molecule has 4 rings (SSSR count). The standard InChI is InChI=1S/C25H31N3O3/c1-18-8-2-6-12-22(18)27-14-16-28(17-15-27)23-13-7-5-11-21(23)26-24(29)19-9-3-4-10-20(19)25(30)31/h2,5-8,11-13,19-20H,3-4,9-10,14-17H2,1H3,(H,26,29)(H,30,31)/p-1/t19-,20+/m1/s1. The molecular formula is C25H30N3O3-. The largest absolute Gasteiger partial charge is 0.550 e. The minimum atomic E-state index is -1.11. The van der Waals surface area contributed by atoms with E-state index in [-0.39, 0.29) is 5.91 Å². The fourth-order valence-electron chi connectivity index (χ4n) is 4.91. The normalized spacial score (nSPS) is 21.6. The summed E-state index contributed by atoms with van der Waals surface area (Å²) < 4.78 is 0. The van der Waals surface area contributed by atoms with Crippen molar-refractivity contribution < 1.29 is 14.7 Å². The van der Waals surface area contributed by atoms with Crippen LogP contribution in [0.2, 0.25) is 0 Å². The van der Waals surface area contributed by atoms with Crippen LogP contribution in [0.4, 0.5) is 17.1 Å². The predicted octanol–water partition coefficient (Wildman–Crippen LogP) is 2.82. The Kier molecular flexibility index (Phi) is 6.44. The number of hydrogen-bond donors (Lipinski definition) is 1. The zero-order valence-electron chi connectivity index (χ0n) is 18.0. The number of piperazine rings is 1. The minimum absolute atomic E-state index is 0.208. The number of para-hydroxylation sites is 3. The molecule has 1 N–H and O–H groups in total. The molecule has 0 spiro atoms. The molecule has 1 heterocycles. The molecule has 2 aromatic carbocycles. The van der Waals surface area contributed by atoms with Gasteiger partial charge in [-0.3, -0.25) is 4.79 Å². The van der Waals surface area contributed by atoms with Gasteiger partial charge in [-0.05, 0) is 43.5 Å². The van der Waals surface area contributed by atoms with Gasteiger partial charge < -0.3 is 25.0 Å². The Hall–Kier alpha value is -3.02. The van der Waals surface area contributed by atoms with E-state index in [4.69, 9.17) is 0 Å². The summed E-state index contributed by atoms with van der Waals surface area (Å²) in [5, 5.41) is 14.5. The molecule has 0 bridgehead atoms. The lowest BCUT2D eigenvalue weighted by Crippen LogP contribution is -2.47. The average molecular weight is 421 g/mol. The highest BCUT2D eigenvalue weighted by Gasteiger charge is 2.32. The van der Waals surface area contributed by atoms with E-state index in [2.05, 4.69) is 46.3 Å².